The van der Waals surface area contributed by atoms with Gasteiger partial charge in [-0.3, -0.25) is 9.20 Å². The highest BCUT2D eigenvalue weighted by molar-refractivity contribution is 7.17. The molecule has 0 spiro atoms. The van der Waals surface area contributed by atoms with Crippen LogP contribution in [0.15, 0.2) is 30.5 Å². The number of aryl methyl sites for hydroxylation is 1. The van der Waals surface area contributed by atoms with Crippen molar-refractivity contribution in [3.63, 3.8) is 0 Å². The van der Waals surface area contributed by atoms with Crippen molar-refractivity contribution in [2.24, 2.45) is 0 Å². The van der Waals surface area contributed by atoms with Crippen molar-refractivity contribution in [3.05, 3.63) is 40.9 Å². The van der Waals surface area contributed by atoms with E-state index in [4.69, 9.17) is 4.98 Å². The number of nitrogens with zero attached hydrogens (tertiary/aromatic N) is 2. The summed E-state index contributed by atoms with van der Waals surface area (Å²) in [4.78, 5) is 19.4. The maximum Gasteiger partial charge on any atom is 0.225 e. The topological polar surface area (TPSA) is 46.4 Å². The Labute approximate surface area is 165 Å². The summed E-state index contributed by atoms with van der Waals surface area (Å²) in [6, 6.07) is 8.51. The van der Waals surface area contributed by atoms with Gasteiger partial charge in [0, 0.05) is 23.1 Å². The average Bonchev–Trinajstić information content (AvgIpc) is 3.12. The summed E-state index contributed by atoms with van der Waals surface area (Å²) < 4.78 is 2.00. The fourth-order valence-electron chi connectivity index (χ4n) is 3.14. The van der Waals surface area contributed by atoms with Gasteiger partial charge in [-0.1, -0.05) is 64.8 Å². The SMILES string of the molecule is CCCCCC(=O)Nc1c(-c2ccc(C(C)(C)C)cc2)nc2sc(C)cn12. The molecule has 0 atom stereocenters. The molecule has 0 unspecified atom stereocenters. The number of aromatic nitrogens is 2. The van der Waals surface area contributed by atoms with Crippen molar-refractivity contribution in [3.8, 4) is 11.3 Å². The molecule has 0 bridgehead atoms. The minimum absolute atomic E-state index is 0.0571. The van der Waals surface area contributed by atoms with Crippen LogP contribution in [0.25, 0.3) is 16.2 Å². The lowest BCUT2D eigenvalue weighted by atomic mass is 9.86. The molecule has 2 heterocycles. The molecule has 0 fully saturated rings. The zero-order valence-electron chi connectivity index (χ0n) is 16.9. The van der Waals surface area contributed by atoms with E-state index in [1.54, 1.807) is 11.3 Å². The number of amides is 1. The van der Waals surface area contributed by atoms with E-state index in [1.807, 2.05) is 10.6 Å². The van der Waals surface area contributed by atoms with Crippen molar-refractivity contribution in [1.29, 1.82) is 0 Å². The summed E-state index contributed by atoms with van der Waals surface area (Å²) in [5.74, 6) is 0.834. The van der Waals surface area contributed by atoms with Gasteiger partial charge in [-0.15, -0.1) is 11.3 Å². The minimum atomic E-state index is 0.0571. The number of benzene rings is 1. The number of thiazole rings is 1. The Morgan fingerprint density at radius 2 is 1.89 bits per heavy atom. The largest absolute Gasteiger partial charge is 0.310 e. The number of carbonyl (C=O) groups excluding carboxylic acids is 1. The molecule has 0 saturated heterocycles. The summed E-state index contributed by atoms with van der Waals surface area (Å²) >= 11 is 1.64. The standard InChI is InChI=1S/C22H29N3OS/c1-6-7-8-9-18(26)23-20-19(24-21-25(20)14-15(2)27-21)16-10-12-17(13-11-16)22(3,4)5/h10-14H,6-9H2,1-5H3,(H,23,26). The average molecular weight is 384 g/mol. The van der Waals surface area contributed by atoms with Crippen LogP contribution in [0.5, 0.6) is 0 Å². The van der Waals surface area contributed by atoms with E-state index in [1.165, 1.54) is 10.4 Å². The highest BCUT2D eigenvalue weighted by Crippen LogP contribution is 2.33. The predicted octanol–water partition coefficient (Wildman–Crippen LogP) is 6.19. The lowest BCUT2D eigenvalue weighted by Crippen LogP contribution is -2.13. The molecule has 3 aromatic rings. The van der Waals surface area contributed by atoms with Gasteiger partial charge >= 0.3 is 0 Å². The van der Waals surface area contributed by atoms with Gasteiger partial charge in [0.15, 0.2) is 4.96 Å². The summed E-state index contributed by atoms with van der Waals surface area (Å²) in [6.45, 7) is 10.8. The maximum atomic E-state index is 12.5. The van der Waals surface area contributed by atoms with Crippen molar-refractivity contribution in [2.45, 2.75) is 65.7 Å². The van der Waals surface area contributed by atoms with E-state index in [9.17, 15) is 4.79 Å². The number of carbonyl (C=O) groups is 1. The van der Waals surface area contributed by atoms with E-state index in [-0.39, 0.29) is 11.3 Å². The normalized spacial score (nSPS) is 11.9. The molecule has 1 amide bonds. The van der Waals surface area contributed by atoms with Crippen molar-refractivity contribution in [1.82, 2.24) is 9.38 Å². The molecule has 4 nitrogen and oxygen atoms in total. The van der Waals surface area contributed by atoms with E-state index in [2.05, 4.69) is 64.2 Å². The van der Waals surface area contributed by atoms with E-state index >= 15 is 0 Å². The predicted molar refractivity (Wildman–Crippen MR) is 115 cm³/mol. The molecule has 3 rings (SSSR count). The fourth-order valence-corrected chi connectivity index (χ4v) is 3.96. The van der Waals surface area contributed by atoms with Crippen LogP contribution in [-0.2, 0) is 10.2 Å². The Bertz CT molecular complexity index is 929. The van der Waals surface area contributed by atoms with Crippen LogP contribution >= 0.6 is 11.3 Å². The smallest absolute Gasteiger partial charge is 0.225 e. The lowest BCUT2D eigenvalue weighted by molar-refractivity contribution is -0.116. The number of imidazole rings is 1. The summed E-state index contributed by atoms with van der Waals surface area (Å²) in [5.41, 5.74) is 3.26. The molecule has 0 saturated carbocycles. The molecule has 5 heteroatoms. The monoisotopic (exact) mass is 383 g/mol. The van der Waals surface area contributed by atoms with Crippen LogP contribution in [0, 0.1) is 6.92 Å². The third kappa shape index (κ3) is 4.41. The zero-order chi connectivity index (χ0) is 19.6. The van der Waals surface area contributed by atoms with Crippen LogP contribution in [-0.4, -0.2) is 15.3 Å². The zero-order valence-corrected chi connectivity index (χ0v) is 17.7. The van der Waals surface area contributed by atoms with E-state index < -0.39 is 0 Å². The quantitative estimate of drug-likeness (QED) is 0.516. The van der Waals surface area contributed by atoms with Gasteiger partial charge in [0.2, 0.25) is 5.91 Å². The molecule has 0 aliphatic heterocycles. The van der Waals surface area contributed by atoms with Crippen molar-refractivity contribution in [2.75, 3.05) is 5.32 Å². The summed E-state index contributed by atoms with van der Waals surface area (Å²) in [7, 11) is 0. The molecule has 27 heavy (non-hydrogen) atoms. The van der Waals surface area contributed by atoms with Crippen LogP contribution in [0.1, 0.15) is 63.8 Å². The lowest BCUT2D eigenvalue weighted by Gasteiger charge is -2.19. The molecule has 0 aliphatic carbocycles. The number of hydrogen-bond donors (Lipinski definition) is 1. The van der Waals surface area contributed by atoms with Crippen LogP contribution in [0.4, 0.5) is 5.82 Å². The Morgan fingerprint density at radius 1 is 1.19 bits per heavy atom. The summed E-state index contributed by atoms with van der Waals surface area (Å²) in [5, 5.41) is 3.12. The Hall–Kier alpha value is -2.14. The molecule has 0 radical (unpaired) electrons. The number of fused-ring (bicyclic) bond motifs is 1. The molecule has 0 aliphatic rings. The first kappa shape index (κ1) is 19.6. The van der Waals surface area contributed by atoms with Crippen LogP contribution in [0.2, 0.25) is 0 Å². The molecular formula is C22H29N3OS. The maximum absolute atomic E-state index is 12.5. The second kappa shape index (κ2) is 7.85. The number of unbranched alkanes of at least 4 members (excludes halogenated alkanes) is 2. The van der Waals surface area contributed by atoms with Crippen molar-refractivity contribution < 1.29 is 4.79 Å². The number of anilines is 1. The third-order valence-electron chi connectivity index (χ3n) is 4.73. The minimum Gasteiger partial charge on any atom is -0.310 e. The van der Waals surface area contributed by atoms with Crippen LogP contribution in [0.3, 0.4) is 0 Å². The van der Waals surface area contributed by atoms with Crippen molar-refractivity contribution >= 4 is 28.0 Å². The second-order valence-corrected chi connectivity index (χ2v) is 9.35. The van der Waals surface area contributed by atoms with Gasteiger partial charge in [0.25, 0.3) is 0 Å². The molecular weight excluding hydrogens is 354 g/mol. The Balaban J connectivity index is 1.95. The van der Waals surface area contributed by atoms with E-state index in [0.29, 0.717) is 6.42 Å². The van der Waals surface area contributed by atoms with Gasteiger partial charge in [-0.2, -0.15) is 0 Å². The fraction of sp³-hybridized carbons (Fsp3) is 0.455. The Morgan fingerprint density at radius 3 is 2.52 bits per heavy atom. The van der Waals surface area contributed by atoms with Gasteiger partial charge in [0.05, 0.1) is 0 Å². The molecule has 2 aromatic heterocycles. The van der Waals surface area contributed by atoms with Gasteiger partial charge < -0.3 is 5.32 Å². The summed E-state index contributed by atoms with van der Waals surface area (Å²) in [6.07, 6.45) is 5.70. The number of hydrogen-bond acceptors (Lipinski definition) is 3. The second-order valence-electron chi connectivity index (χ2n) is 8.14. The van der Waals surface area contributed by atoms with Gasteiger partial charge in [0.1, 0.15) is 11.5 Å². The van der Waals surface area contributed by atoms with E-state index in [0.717, 1.165) is 41.3 Å². The molecule has 1 N–H and O–H groups in total. The third-order valence-corrected chi connectivity index (χ3v) is 5.63. The molecule has 144 valence electrons. The van der Waals surface area contributed by atoms with Crippen LogP contribution < -0.4 is 5.32 Å². The van der Waals surface area contributed by atoms with Gasteiger partial charge in [-0.05, 0) is 24.3 Å². The first-order chi connectivity index (χ1) is 12.8. The number of rotatable bonds is 6. The number of nitrogens with one attached hydrogen (secondary N) is 1. The first-order valence-corrected chi connectivity index (χ1v) is 10.5. The van der Waals surface area contributed by atoms with Gasteiger partial charge in [-0.25, -0.2) is 4.98 Å². The molecule has 1 aromatic carbocycles. The highest BCUT2D eigenvalue weighted by atomic mass is 32.1. The first-order valence-electron chi connectivity index (χ1n) is 9.69. The highest BCUT2D eigenvalue weighted by Gasteiger charge is 2.19. The Kier molecular flexibility index (Phi) is 5.70.